The van der Waals surface area contributed by atoms with Crippen LogP contribution in [0.5, 0.6) is 5.75 Å². The maximum absolute atomic E-state index is 14.1. The lowest BCUT2D eigenvalue weighted by Crippen LogP contribution is -2.57. The Balaban J connectivity index is 1.73. The average molecular weight is 608 g/mol. The van der Waals surface area contributed by atoms with Gasteiger partial charge in [0.2, 0.25) is 5.91 Å². The minimum absolute atomic E-state index is 0.159. The van der Waals surface area contributed by atoms with Gasteiger partial charge in [-0.05, 0) is 35.7 Å². The number of carbonyl (C=O) groups excluding carboxylic acids is 4. The monoisotopic (exact) mass is 607 g/mol. The number of hydrogen-bond donors (Lipinski definition) is 1. The van der Waals surface area contributed by atoms with Gasteiger partial charge in [0.05, 0.1) is 12.8 Å². The minimum atomic E-state index is -5.19. The Labute approximate surface area is 253 Å². The number of halogens is 3. The number of nitrogens with zero attached hydrogens (tertiary/aromatic N) is 2. The molecule has 3 aromatic carbocycles. The maximum Gasteiger partial charge on any atom is 0.452 e. The van der Waals surface area contributed by atoms with Gasteiger partial charge in [-0.1, -0.05) is 74.5 Å². The zero-order valence-electron chi connectivity index (χ0n) is 24.4. The van der Waals surface area contributed by atoms with E-state index in [1.54, 1.807) is 98.8 Å². The second-order valence-corrected chi connectivity index (χ2v) is 10.6. The third-order valence-corrected chi connectivity index (χ3v) is 7.14. The molecule has 0 aliphatic carbocycles. The second-order valence-electron chi connectivity index (χ2n) is 10.6. The summed E-state index contributed by atoms with van der Waals surface area (Å²) in [4.78, 5) is 55.8. The van der Waals surface area contributed by atoms with Crippen molar-refractivity contribution in [3.05, 3.63) is 108 Å². The van der Waals surface area contributed by atoms with Gasteiger partial charge in [0.15, 0.2) is 0 Å². The van der Waals surface area contributed by atoms with Gasteiger partial charge in [0, 0.05) is 23.7 Å². The van der Waals surface area contributed by atoms with E-state index in [1.807, 2.05) is 0 Å². The first-order valence-corrected chi connectivity index (χ1v) is 13.9. The second kappa shape index (κ2) is 13.6. The van der Waals surface area contributed by atoms with Crippen molar-refractivity contribution in [3.63, 3.8) is 0 Å². The van der Waals surface area contributed by atoms with Crippen LogP contribution in [0.2, 0.25) is 0 Å². The molecule has 1 aliphatic heterocycles. The first-order valence-electron chi connectivity index (χ1n) is 13.9. The SMILES string of the molecule is COc1cccc(C2=CN(C(=O)c3ccccc3)[C@@H](C(C)C)C(=O)N2CC(=O)N[C@@H](Cc2ccccc2)C(=O)C(F)(F)F)c1. The largest absolute Gasteiger partial charge is 0.497 e. The van der Waals surface area contributed by atoms with Crippen LogP contribution >= 0.6 is 0 Å². The number of carbonyl (C=O) groups is 4. The Morgan fingerprint density at radius 3 is 2.16 bits per heavy atom. The molecule has 1 aliphatic rings. The van der Waals surface area contributed by atoms with Crippen molar-refractivity contribution in [1.82, 2.24) is 15.1 Å². The van der Waals surface area contributed by atoms with Crippen LogP contribution in [0.15, 0.2) is 91.1 Å². The van der Waals surface area contributed by atoms with Crippen LogP contribution in [0.4, 0.5) is 13.2 Å². The lowest BCUT2D eigenvalue weighted by molar-refractivity contribution is -0.173. The highest BCUT2D eigenvalue weighted by Crippen LogP contribution is 2.32. The van der Waals surface area contributed by atoms with E-state index in [0.717, 1.165) is 4.90 Å². The van der Waals surface area contributed by atoms with Gasteiger partial charge < -0.3 is 15.0 Å². The molecule has 3 aromatic rings. The molecule has 0 bridgehead atoms. The fourth-order valence-electron chi connectivity index (χ4n) is 5.02. The van der Waals surface area contributed by atoms with Crippen LogP contribution < -0.4 is 10.1 Å². The molecular formula is C33H32F3N3O5. The van der Waals surface area contributed by atoms with E-state index in [1.165, 1.54) is 18.2 Å². The van der Waals surface area contributed by atoms with Gasteiger partial charge in [0.25, 0.3) is 17.6 Å². The Bertz CT molecular complexity index is 1540. The first-order chi connectivity index (χ1) is 20.9. The summed E-state index contributed by atoms with van der Waals surface area (Å²) in [5, 5.41) is 2.20. The number of alkyl halides is 3. The molecule has 44 heavy (non-hydrogen) atoms. The van der Waals surface area contributed by atoms with E-state index < -0.39 is 60.6 Å². The molecule has 0 spiro atoms. The molecule has 0 saturated heterocycles. The lowest BCUT2D eigenvalue weighted by atomic mass is 9.96. The van der Waals surface area contributed by atoms with Gasteiger partial charge in [-0.15, -0.1) is 0 Å². The van der Waals surface area contributed by atoms with E-state index >= 15 is 0 Å². The van der Waals surface area contributed by atoms with Crippen LogP contribution in [0.3, 0.4) is 0 Å². The smallest absolute Gasteiger partial charge is 0.452 e. The first kappa shape index (κ1) is 32.0. The maximum atomic E-state index is 14.1. The highest BCUT2D eigenvalue weighted by atomic mass is 19.4. The van der Waals surface area contributed by atoms with E-state index in [4.69, 9.17) is 4.74 Å². The summed E-state index contributed by atoms with van der Waals surface area (Å²) in [6.45, 7) is 2.79. The number of nitrogens with one attached hydrogen (secondary N) is 1. The van der Waals surface area contributed by atoms with Crippen molar-refractivity contribution in [2.24, 2.45) is 5.92 Å². The molecule has 0 fully saturated rings. The number of ketones is 1. The standard InChI is InChI=1S/C33H32F3N3O5/c1-21(2)29-32(43)38(20-28(40)37-26(30(41)33(34,35)36)17-22-11-6-4-7-12-22)27(24-15-10-16-25(18-24)44-3)19-39(29)31(42)23-13-8-5-9-14-23/h4-16,18-19,21,26,29H,17,20H2,1-3H3,(H,37,40)/t26-,29-/m0/s1. The molecule has 2 atom stereocenters. The zero-order valence-corrected chi connectivity index (χ0v) is 24.4. The van der Waals surface area contributed by atoms with E-state index in [0.29, 0.717) is 22.4 Å². The molecule has 1 N–H and O–H groups in total. The van der Waals surface area contributed by atoms with Gasteiger partial charge in [-0.25, -0.2) is 0 Å². The average Bonchev–Trinajstić information content (AvgIpc) is 3.01. The van der Waals surface area contributed by atoms with Crippen molar-refractivity contribution >= 4 is 29.2 Å². The number of amides is 3. The molecule has 11 heteroatoms. The van der Waals surface area contributed by atoms with Crippen molar-refractivity contribution < 1.29 is 37.1 Å². The third-order valence-electron chi connectivity index (χ3n) is 7.14. The predicted octanol–water partition coefficient (Wildman–Crippen LogP) is 4.86. The van der Waals surface area contributed by atoms with E-state index in [2.05, 4.69) is 5.32 Å². The molecule has 8 nitrogen and oxygen atoms in total. The number of Topliss-reactive ketones (excluding diaryl/α,β-unsaturated/α-hetero) is 1. The normalized spacial score (nSPS) is 15.9. The summed E-state index contributed by atoms with van der Waals surface area (Å²) in [5.41, 5.74) is 1.34. The number of hydrogen-bond acceptors (Lipinski definition) is 5. The molecular weight excluding hydrogens is 575 g/mol. The van der Waals surface area contributed by atoms with Crippen molar-refractivity contribution in [2.45, 2.75) is 38.5 Å². The summed E-state index contributed by atoms with van der Waals surface area (Å²) in [6.07, 6.45) is -4.13. The van der Waals surface area contributed by atoms with Crippen LogP contribution in [0.25, 0.3) is 5.70 Å². The summed E-state index contributed by atoms with van der Waals surface area (Å²) in [7, 11) is 1.45. The zero-order chi connectivity index (χ0) is 32.0. The minimum Gasteiger partial charge on any atom is -0.497 e. The highest BCUT2D eigenvalue weighted by Gasteiger charge is 2.45. The van der Waals surface area contributed by atoms with Crippen LogP contribution in [0.1, 0.15) is 35.3 Å². The Kier molecular flexibility index (Phi) is 9.87. The molecule has 230 valence electrons. The Morgan fingerprint density at radius 2 is 1.57 bits per heavy atom. The molecule has 4 rings (SSSR count). The predicted molar refractivity (Wildman–Crippen MR) is 157 cm³/mol. The fraction of sp³-hybridized carbons (Fsp3) is 0.273. The van der Waals surface area contributed by atoms with Gasteiger partial charge in [-0.2, -0.15) is 13.2 Å². The van der Waals surface area contributed by atoms with E-state index in [-0.39, 0.29) is 5.70 Å². The number of ether oxygens (including phenoxy) is 1. The summed E-state index contributed by atoms with van der Waals surface area (Å²) < 4.78 is 45.8. The number of benzene rings is 3. The summed E-state index contributed by atoms with van der Waals surface area (Å²) >= 11 is 0. The topological polar surface area (TPSA) is 96.0 Å². The number of methoxy groups -OCH3 is 1. The van der Waals surface area contributed by atoms with Gasteiger partial charge >= 0.3 is 6.18 Å². The van der Waals surface area contributed by atoms with Crippen molar-refractivity contribution in [1.29, 1.82) is 0 Å². The van der Waals surface area contributed by atoms with Gasteiger partial charge in [0.1, 0.15) is 24.4 Å². The fourth-order valence-corrected chi connectivity index (χ4v) is 5.02. The summed E-state index contributed by atoms with van der Waals surface area (Å²) in [5.74, 6) is -4.10. The molecule has 1 heterocycles. The molecule has 0 aromatic heterocycles. The van der Waals surface area contributed by atoms with Crippen LogP contribution in [-0.4, -0.2) is 65.2 Å². The number of rotatable bonds is 10. The Morgan fingerprint density at radius 1 is 0.932 bits per heavy atom. The molecule has 0 unspecified atom stereocenters. The van der Waals surface area contributed by atoms with Crippen molar-refractivity contribution in [3.8, 4) is 5.75 Å². The van der Waals surface area contributed by atoms with E-state index in [9.17, 15) is 32.3 Å². The van der Waals surface area contributed by atoms with Crippen LogP contribution in [0, 0.1) is 5.92 Å². The van der Waals surface area contributed by atoms with Gasteiger partial charge in [-0.3, -0.25) is 24.1 Å². The molecule has 0 saturated carbocycles. The van der Waals surface area contributed by atoms with Crippen LogP contribution in [-0.2, 0) is 20.8 Å². The quantitative estimate of drug-likeness (QED) is 0.355. The molecule has 0 radical (unpaired) electrons. The Hall–Kier alpha value is -4.93. The molecule has 3 amide bonds. The lowest BCUT2D eigenvalue weighted by Gasteiger charge is -2.41. The third kappa shape index (κ3) is 7.34. The van der Waals surface area contributed by atoms with Crippen molar-refractivity contribution in [2.75, 3.05) is 13.7 Å². The highest BCUT2D eigenvalue weighted by molar-refractivity contribution is 6.04. The summed E-state index contributed by atoms with van der Waals surface area (Å²) in [6, 6.07) is 20.0.